The van der Waals surface area contributed by atoms with E-state index in [2.05, 4.69) is 19.1 Å². The van der Waals surface area contributed by atoms with Gasteiger partial charge < -0.3 is 4.90 Å². The molecule has 3 nitrogen and oxygen atoms in total. The number of hydrogen-bond acceptors (Lipinski definition) is 2. The summed E-state index contributed by atoms with van der Waals surface area (Å²) in [6, 6.07) is 30.0. The zero-order valence-corrected chi connectivity index (χ0v) is 16.7. The summed E-state index contributed by atoms with van der Waals surface area (Å²) in [5.41, 5.74) is 4.48. The molecule has 0 spiro atoms. The Morgan fingerprint density at radius 3 is 2.21 bits per heavy atom. The second-order valence-corrected chi connectivity index (χ2v) is 7.19. The monoisotopic (exact) mass is 380 g/mol. The fourth-order valence-corrected chi connectivity index (χ4v) is 3.85. The minimum absolute atomic E-state index is 0.0106. The molecule has 0 aliphatic heterocycles. The number of para-hydroxylation sites is 1. The molecule has 3 heteroatoms. The molecule has 0 saturated carbocycles. The zero-order chi connectivity index (χ0) is 20.2. The molecule has 3 aromatic carbocycles. The first kappa shape index (κ1) is 18.9. The number of nitrogens with zero attached hydrogens (tertiary/aromatic N) is 2. The Morgan fingerprint density at radius 2 is 1.52 bits per heavy atom. The zero-order valence-electron chi connectivity index (χ0n) is 16.7. The van der Waals surface area contributed by atoms with Gasteiger partial charge in [-0.25, -0.2) is 4.98 Å². The Bertz CT molecular complexity index is 1120. The van der Waals surface area contributed by atoms with Crippen molar-refractivity contribution >= 4 is 16.8 Å². The highest BCUT2D eigenvalue weighted by molar-refractivity contribution is 6.07. The number of carbonyl (C=O) groups is 1. The second kappa shape index (κ2) is 8.27. The van der Waals surface area contributed by atoms with E-state index in [0.717, 1.165) is 34.1 Å². The fourth-order valence-electron chi connectivity index (χ4n) is 3.85. The summed E-state index contributed by atoms with van der Waals surface area (Å²) in [6.07, 6.45) is 0.848. The highest BCUT2D eigenvalue weighted by atomic mass is 16.2. The van der Waals surface area contributed by atoms with Crippen molar-refractivity contribution in [3.05, 3.63) is 102 Å². The molecule has 1 aromatic heterocycles. The molecule has 0 bridgehead atoms. The van der Waals surface area contributed by atoms with Crippen LogP contribution in [0.15, 0.2) is 91.0 Å². The molecule has 0 radical (unpaired) electrons. The molecule has 1 heterocycles. The van der Waals surface area contributed by atoms with E-state index in [1.807, 2.05) is 90.8 Å². The highest BCUT2D eigenvalue weighted by Gasteiger charge is 2.23. The first-order valence-corrected chi connectivity index (χ1v) is 9.96. The molecule has 4 aromatic rings. The number of hydrogen-bond donors (Lipinski definition) is 0. The van der Waals surface area contributed by atoms with E-state index in [-0.39, 0.29) is 11.9 Å². The van der Waals surface area contributed by atoms with Gasteiger partial charge in [-0.2, -0.15) is 0 Å². The van der Waals surface area contributed by atoms with Gasteiger partial charge in [-0.1, -0.05) is 85.8 Å². The van der Waals surface area contributed by atoms with Crippen LogP contribution in [0, 0.1) is 0 Å². The van der Waals surface area contributed by atoms with Crippen LogP contribution in [-0.2, 0) is 0 Å². The van der Waals surface area contributed by atoms with Gasteiger partial charge in [-0.05, 0) is 24.1 Å². The Labute approximate surface area is 171 Å². The largest absolute Gasteiger partial charge is 0.335 e. The maximum Gasteiger partial charge on any atom is 0.254 e. The summed E-state index contributed by atoms with van der Waals surface area (Å²) in [6.45, 7) is 2.11. The average Bonchev–Trinajstić information content (AvgIpc) is 2.79. The van der Waals surface area contributed by atoms with Crippen molar-refractivity contribution in [3.63, 3.8) is 0 Å². The SMILES string of the molecule is CCC(c1ccccc1)N(C)C(=O)c1cc(-c2ccccc2)nc2ccccc12. The van der Waals surface area contributed by atoms with Crippen molar-refractivity contribution in [2.75, 3.05) is 7.05 Å². The lowest BCUT2D eigenvalue weighted by Crippen LogP contribution is -2.31. The van der Waals surface area contributed by atoms with E-state index < -0.39 is 0 Å². The Morgan fingerprint density at radius 1 is 0.897 bits per heavy atom. The first-order chi connectivity index (χ1) is 14.2. The van der Waals surface area contributed by atoms with Crippen molar-refractivity contribution in [3.8, 4) is 11.3 Å². The summed E-state index contributed by atoms with van der Waals surface area (Å²) >= 11 is 0. The van der Waals surface area contributed by atoms with Gasteiger partial charge in [0.05, 0.1) is 22.8 Å². The molecule has 0 aliphatic rings. The third kappa shape index (κ3) is 3.77. The third-order valence-corrected chi connectivity index (χ3v) is 5.38. The van der Waals surface area contributed by atoms with Gasteiger partial charge in [0.25, 0.3) is 5.91 Å². The highest BCUT2D eigenvalue weighted by Crippen LogP contribution is 2.29. The molecule has 1 unspecified atom stereocenters. The Hall–Kier alpha value is -3.46. The molecule has 29 heavy (non-hydrogen) atoms. The Kier molecular flexibility index (Phi) is 5.39. The van der Waals surface area contributed by atoms with Crippen LogP contribution in [0.3, 0.4) is 0 Å². The van der Waals surface area contributed by atoms with Crippen LogP contribution in [0.1, 0.15) is 35.3 Å². The number of rotatable bonds is 5. The van der Waals surface area contributed by atoms with E-state index in [1.165, 1.54) is 0 Å². The molecule has 1 atom stereocenters. The second-order valence-electron chi connectivity index (χ2n) is 7.19. The van der Waals surface area contributed by atoms with Crippen LogP contribution >= 0.6 is 0 Å². The van der Waals surface area contributed by atoms with E-state index in [0.29, 0.717) is 5.56 Å². The topological polar surface area (TPSA) is 33.2 Å². The van der Waals surface area contributed by atoms with Crippen molar-refractivity contribution in [1.29, 1.82) is 0 Å². The lowest BCUT2D eigenvalue weighted by molar-refractivity contribution is 0.0728. The molecular weight excluding hydrogens is 356 g/mol. The normalized spacial score (nSPS) is 11.9. The molecule has 0 aliphatic carbocycles. The number of amides is 1. The van der Waals surface area contributed by atoms with Gasteiger partial charge in [0.2, 0.25) is 0 Å². The van der Waals surface area contributed by atoms with Crippen LogP contribution in [0.25, 0.3) is 22.2 Å². The summed E-state index contributed by atoms with van der Waals surface area (Å²) in [7, 11) is 1.89. The molecule has 4 rings (SSSR count). The van der Waals surface area contributed by atoms with Gasteiger partial charge in [-0.15, -0.1) is 0 Å². The van der Waals surface area contributed by atoms with Gasteiger partial charge in [0, 0.05) is 18.0 Å². The molecule has 0 N–H and O–H groups in total. The van der Waals surface area contributed by atoms with Gasteiger partial charge in [0.15, 0.2) is 0 Å². The minimum Gasteiger partial charge on any atom is -0.335 e. The smallest absolute Gasteiger partial charge is 0.254 e. The van der Waals surface area contributed by atoms with E-state index in [9.17, 15) is 4.79 Å². The van der Waals surface area contributed by atoms with Crippen molar-refractivity contribution in [1.82, 2.24) is 9.88 Å². The molecule has 0 saturated heterocycles. The van der Waals surface area contributed by atoms with Crippen molar-refractivity contribution in [2.45, 2.75) is 19.4 Å². The third-order valence-electron chi connectivity index (χ3n) is 5.38. The van der Waals surface area contributed by atoms with Gasteiger partial charge in [0.1, 0.15) is 0 Å². The fraction of sp³-hybridized carbons (Fsp3) is 0.154. The van der Waals surface area contributed by atoms with Crippen LogP contribution in [0.5, 0.6) is 0 Å². The quantitative estimate of drug-likeness (QED) is 0.417. The van der Waals surface area contributed by atoms with Gasteiger partial charge >= 0.3 is 0 Å². The van der Waals surface area contributed by atoms with Crippen molar-refractivity contribution in [2.24, 2.45) is 0 Å². The number of carbonyl (C=O) groups excluding carboxylic acids is 1. The molecular formula is C26H24N2O. The lowest BCUT2D eigenvalue weighted by Gasteiger charge is -2.28. The van der Waals surface area contributed by atoms with Crippen LogP contribution in [0.4, 0.5) is 0 Å². The maximum atomic E-state index is 13.6. The summed E-state index contributed by atoms with van der Waals surface area (Å²) < 4.78 is 0. The molecule has 144 valence electrons. The summed E-state index contributed by atoms with van der Waals surface area (Å²) in [4.78, 5) is 20.3. The minimum atomic E-state index is 0.0106. The number of pyridine rings is 1. The number of fused-ring (bicyclic) bond motifs is 1. The maximum absolute atomic E-state index is 13.6. The standard InChI is InChI=1S/C26H24N2O/c1-3-25(20-14-8-5-9-15-20)28(2)26(29)22-18-24(19-12-6-4-7-13-19)27-23-17-11-10-16-21(22)23/h4-18,25H,3H2,1-2H3. The number of benzene rings is 3. The van der Waals surface area contributed by atoms with Crippen molar-refractivity contribution < 1.29 is 4.79 Å². The van der Waals surface area contributed by atoms with Crippen LogP contribution < -0.4 is 0 Å². The van der Waals surface area contributed by atoms with Crippen LogP contribution in [0.2, 0.25) is 0 Å². The molecule has 0 fully saturated rings. The predicted molar refractivity (Wildman–Crippen MR) is 119 cm³/mol. The number of aromatic nitrogens is 1. The van der Waals surface area contributed by atoms with Gasteiger partial charge in [-0.3, -0.25) is 4.79 Å². The molecule has 1 amide bonds. The van der Waals surface area contributed by atoms with Crippen LogP contribution in [-0.4, -0.2) is 22.8 Å². The van der Waals surface area contributed by atoms with E-state index >= 15 is 0 Å². The summed E-state index contributed by atoms with van der Waals surface area (Å²) in [5.74, 6) is 0.0106. The average molecular weight is 380 g/mol. The van der Waals surface area contributed by atoms with E-state index in [1.54, 1.807) is 0 Å². The van der Waals surface area contributed by atoms with E-state index in [4.69, 9.17) is 4.98 Å². The summed E-state index contributed by atoms with van der Waals surface area (Å²) in [5, 5.41) is 0.881. The first-order valence-electron chi connectivity index (χ1n) is 9.96. The lowest BCUT2D eigenvalue weighted by atomic mass is 10.00. The predicted octanol–water partition coefficient (Wildman–Crippen LogP) is 6.13. The Balaban J connectivity index is 1.80.